The van der Waals surface area contributed by atoms with Crippen molar-refractivity contribution in [2.45, 2.75) is 40.5 Å². The first kappa shape index (κ1) is 17.5. The van der Waals surface area contributed by atoms with Gasteiger partial charge in [-0.2, -0.15) is 0 Å². The minimum Gasteiger partial charge on any atom is -0.478 e. The van der Waals surface area contributed by atoms with Crippen molar-refractivity contribution in [1.82, 2.24) is 9.88 Å². The van der Waals surface area contributed by atoms with E-state index in [4.69, 9.17) is 12.6 Å². The Morgan fingerprint density at radius 2 is 2.19 bits per heavy atom. The number of ether oxygens (including phenoxy) is 1. The van der Waals surface area contributed by atoms with Crippen LogP contribution in [-0.2, 0) is 0 Å². The minimum atomic E-state index is 0.513. The molecule has 0 saturated heterocycles. The first-order valence-corrected chi connectivity index (χ1v) is 7.58. The van der Waals surface area contributed by atoms with Crippen molar-refractivity contribution in [1.29, 1.82) is 0 Å². The molecule has 5 heteroatoms. The van der Waals surface area contributed by atoms with Crippen LogP contribution in [0.5, 0.6) is 5.88 Å². The van der Waals surface area contributed by atoms with Crippen LogP contribution in [0.15, 0.2) is 11.1 Å². The Bertz CT molecular complexity index is 475. The van der Waals surface area contributed by atoms with E-state index in [2.05, 4.69) is 30.7 Å². The van der Waals surface area contributed by atoms with E-state index in [-0.39, 0.29) is 0 Å². The Morgan fingerprint density at radius 3 is 2.81 bits per heavy atom. The van der Waals surface area contributed by atoms with Crippen LogP contribution in [0.3, 0.4) is 0 Å². The van der Waals surface area contributed by atoms with Gasteiger partial charge in [0.25, 0.3) is 0 Å². The Balaban J connectivity index is 2.68. The molecule has 0 unspecified atom stereocenters. The molecule has 0 saturated carbocycles. The van der Waals surface area contributed by atoms with Crippen molar-refractivity contribution in [2.24, 2.45) is 10.9 Å². The number of hydrogen-bond donors (Lipinski definition) is 0. The summed E-state index contributed by atoms with van der Waals surface area (Å²) in [5.41, 5.74) is 2.14. The molecule has 4 nitrogen and oxygen atoms in total. The monoisotopic (exact) mass is 287 g/mol. The normalized spacial score (nSPS) is 11.3. The van der Waals surface area contributed by atoms with Crippen LogP contribution in [-0.4, -0.2) is 44.3 Å². The molecule has 0 amide bonds. The zero-order chi connectivity index (χ0) is 15.8. The molecular formula is C16H26BN3O. The smallest absolute Gasteiger partial charge is 0.206 e. The van der Waals surface area contributed by atoms with Gasteiger partial charge in [-0.15, -0.1) is 0 Å². The number of hydrogen-bond acceptors (Lipinski definition) is 3. The van der Waals surface area contributed by atoms with Gasteiger partial charge in [-0.25, -0.2) is 9.98 Å². The second kappa shape index (κ2) is 8.70. The van der Waals surface area contributed by atoms with Gasteiger partial charge in [0.2, 0.25) is 5.88 Å². The highest BCUT2D eigenvalue weighted by atomic mass is 16.5. The summed E-state index contributed by atoms with van der Waals surface area (Å²) in [6.07, 6.45) is 3.94. The topological polar surface area (TPSA) is 37.7 Å². The average molecular weight is 287 g/mol. The lowest BCUT2D eigenvalue weighted by molar-refractivity contribution is 0.289. The molecule has 0 N–H and O–H groups in total. The first-order chi connectivity index (χ1) is 9.93. The van der Waals surface area contributed by atoms with Gasteiger partial charge in [-0.1, -0.05) is 13.8 Å². The molecule has 0 aliphatic rings. The molecule has 0 fully saturated rings. The van der Waals surface area contributed by atoms with Crippen molar-refractivity contribution in [3.63, 3.8) is 0 Å². The van der Waals surface area contributed by atoms with Crippen molar-refractivity contribution in [3.8, 4) is 5.88 Å². The Kier molecular flexibility index (Phi) is 7.27. The fourth-order valence-corrected chi connectivity index (χ4v) is 1.74. The molecule has 0 spiro atoms. The molecule has 114 valence electrons. The summed E-state index contributed by atoms with van der Waals surface area (Å²) in [6.45, 7) is 9.95. The highest BCUT2D eigenvalue weighted by Crippen LogP contribution is 2.18. The van der Waals surface area contributed by atoms with Gasteiger partial charge >= 0.3 is 0 Å². The fourth-order valence-electron chi connectivity index (χ4n) is 1.74. The number of aromatic nitrogens is 1. The molecule has 0 aliphatic carbocycles. The molecule has 0 atom stereocenters. The lowest BCUT2D eigenvalue weighted by atomic mass is 9.96. The zero-order valence-corrected chi connectivity index (χ0v) is 13.9. The molecule has 1 heterocycles. The SMILES string of the molecule is [B]c1cc(N=CN(C)CC)c(C)nc1OCCCC(C)C. The van der Waals surface area contributed by atoms with Crippen LogP contribution in [0.4, 0.5) is 5.69 Å². The minimum absolute atomic E-state index is 0.513. The standard InChI is InChI=1S/C16H26BN3O/c1-6-20(5)11-18-15-10-14(17)16(19-13(15)4)21-9-7-8-12(2)3/h10-12H,6-9H2,1-5H3. The highest BCUT2D eigenvalue weighted by molar-refractivity contribution is 6.34. The predicted molar refractivity (Wildman–Crippen MR) is 90.4 cm³/mol. The number of pyridine rings is 1. The summed E-state index contributed by atoms with van der Waals surface area (Å²) in [6, 6.07) is 1.82. The van der Waals surface area contributed by atoms with Crippen LogP contribution in [0.25, 0.3) is 0 Å². The van der Waals surface area contributed by atoms with Crippen LogP contribution < -0.4 is 10.2 Å². The molecular weight excluding hydrogens is 261 g/mol. The number of aryl methyl sites for hydroxylation is 1. The van der Waals surface area contributed by atoms with E-state index in [1.165, 1.54) is 0 Å². The molecule has 0 aliphatic heterocycles. The molecule has 1 aromatic rings. The van der Waals surface area contributed by atoms with Crippen molar-refractivity contribution >= 4 is 25.3 Å². The molecule has 0 aromatic carbocycles. The van der Waals surface area contributed by atoms with E-state index in [1.54, 1.807) is 6.34 Å². The number of nitrogens with zero attached hydrogens (tertiary/aromatic N) is 3. The molecule has 0 bridgehead atoms. The molecule has 1 rings (SSSR count). The summed E-state index contributed by atoms with van der Waals surface area (Å²) >= 11 is 0. The van der Waals surface area contributed by atoms with Gasteiger partial charge in [0.15, 0.2) is 0 Å². The average Bonchev–Trinajstić information content (AvgIpc) is 2.44. The summed E-state index contributed by atoms with van der Waals surface area (Å²) in [4.78, 5) is 10.8. The van der Waals surface area contributed by atoms with Crippen molar-refractivity contribution in [2.75, 3.05) is 20.2 Å². The van der Waals surface area contributed by atoms with Gasteiger partial charge in [0.05, 0.1) is 24.3 Å². The zero-order valence-electron chi connectivity index (χ0n) is 13.9. The third kappa shape index (κ3) is 6.19. The maximum absolute atomic E-state index is 6.00. The maximum atomic E-state index is 6.00. The number of aliphatic imine (C=N–C) groups is 1. The second-order valence-corrected chi connectivity index (χ2v) is 5.69. The molecule has 2 radical (unpaired) electrons. The summed E-state index contributed by atoms with van der Waals surface area (Å²) in [5.74, 6) is 1.20. The van der Waals surface area contributed by atoms with Crippen LogP contribution in [0, 0.1) is 12.8 Å². The number of rotatable bonds is 8. The van der Waals surface area contributed by atoms with Crippen molar-refractivity contribution < 1.29 is 4.74 Å². The predicted octanol–water partition coefficient (Wildman–Crippen LogP) is 2.61. The largest absolute Gasteiger partial charge is 0.478 e. The lowest BCUT2D eigenvalue weighted by Crippen LogP contribution is -2.15. The van der Waals surface area contributed by atoms with Gasteiger partial charge in [-0.3, -0.25) is 0 Å². The Morgan fingerprint density at radius 1 is 1.48 bits per heavy atom. The Hall–Kier alpha value is -1.52. The van der Waals surface area contributed by atoms with Crippen LogP contribution >= 0.6 is 0 Å². The van der Waals surface area contributed by atoms with Gasteiger partial charge in [0.1, 0.15) is 7.85 Å². The maximum Gasteiger partial charge on any atom is 0.206 e. The first-order valence-electron chi connectivity index (χ1n) is 7.58. The van der Waals surface area contributed by atoms with Crippen LogP contribution in [0.1, 0.15) is 39.3 Å². The van der Waals surface area contributed by atoms with E-state index in [0.29, 0.717) is 23.9 Å². The van der Waals surface area contributed by atoms with Gasteiger partial charge in [-0.05, 0) is 44.1 Å². The quantitative estimate of drug-likeness (QED) is 0.319. The summed E-state index contributed by atoms with van der Waals surface area (Å²) in [7, 11) is 7.97. The highest BCUT2D eigenvalue weighted by Gasteiger charge is 2.06. The summed E-state index contributed by atoms with van der Waals surface area (Å²) < 4.78 is 5.67. The second-order valence-electron chi connectivity index (χ2n) is 5.69. The van der Waals surface area contributed by atoms with Crippen molar-refractivity contribution in [3.05, 3.63) is 11.8 Å². The van der Waals surface area contributed by atoms with E-state index in [1.807, 2.05) is 24.9 Å². The van der Waals surface area contributed by atoms with E-state index in [9.17, 15) is 0 Å². The third-order valence-electron chi connectivity index (χ3n) is 3.24. The van der Waals surface area contributed by atoms with E-state index >= 15 is 0 Å². The van der Waals surface area contributed by atoms with Crippen LogP contribution in [0.2, 0.25) is 0 Å². The van der Waals surface area contributed by atoms with E-state index < -0.39 is 0 Å². The van der Waals surface area contributed by atoms with Gasteiger partial charge < -0.3 is 9.64 Å². The lowest BCUT2D eigenvalue weighted by Gasteiger charge is -2.12. The van der Waals surface area contributed by atoms with E-state index in [0.717, 1.165) is 30.8 Å². The Labute approximate surface area is 130 Å². The molecule has 1 aromatic heterocycles. The van der Waals surface area contributed by atoms with Gasteiger partial charge in [0, 0.05) is 13.6 Å². The fraction of sp³-hybridized carbons (Fsp3) is 0.625. The molecule has 21 heavy (non-hydrogen) atoms. The third-order valence-corrected chi connectivity index (χ3v) is 3.24. The summed E-state index contributed by atoms with van der Waals surface area (Å²) in [5, 5.41) is 0.